The Bertz CT molecular complexity index is 684. The van der Waals surface area contributed by atoms with Gasteiger partial charge in [-0.1, -0.05) is 30.3 Å². The number of rotatable bonds is 3. The minimum Gasteiger partial charge on any atom is -0.445 e. The van der Waals surface area contributed by atoms with Crippen LogP contribution in [-0.4, -0.2) is 6.09 Å². The Balaban J connectivity index is 1.84. The number of halogens is 1. The summed E-state index contributed by atoms with van der Waals surface area (Å²) in [5.74, 6) is 0.0919. The summed E-state index contributed by atoms with van der Waals surface area (Å²) in [6.07, 6.45) is 0.908. The number of nitrogens with two attached hydrogens (primary N) is 1. The molecule has 1 amide bonds. The average Bonchev–Trinajstić information content (AvgIpc) is 2.88. The first kappa shape index (κ1) is 13.6. The second kappa shape index (κ2) is 5.56. The Labute approximate surface area is 122 Å². The number of primary amides is 1. The molecule has 2 aromatic rings. The van der Waals surface area contributed by atoms with Gasteiger partial charge < -0.3 is 10.5 Å². The highest BCUT2D eigenvalue weighted by atomic mass is 19.1. The minimum absolute atomic E-state index is 0.173. The van der Waals surface area contributed by atoms with Gasteiger partial charge in [-0.25, -0.2) is 9.18 Å². The highest BCUT2D eigenvalue weighted by molar-refractivity contribution is 5.64. The molecule has 108 valence electrons. The first-order valence-corrected chi connectivity index (χ1v) is 6.91. The lowest BCUT2D eigenvalue weighted by molar-refractivity contribution is 0.150. The van der Waals surface area contributed by atoms with Crippen molar-refractivity contribution in [2.24, 2.45) is 5.73 Å². The van der Waals surface area contributed by atoms with E-state index in [1.54, 1.807) is 6.07 Å². The molecule has 1 aliphatic carbocycles. The van der Waals surface area contributed by atoms with Crippen molar-refractivity contribution in [3.8, 4) is 0 Å². The van der Waals surface area contributed by atoms with E-state index in [1.807, 2.05) is 30.3 Å². The molecule has 0 aromatic heterocycles. The fourth-order valence-electron chi connectivity index (χ4n) is 3.02. The van der Waals surface area contributed by atoms with Gasteiger partial charge in [0.1, 0.15) is 12.4 Å². The number of carbonyl (C=O) groups is 1. The molecule has 2 aromatic carbocycles. The van der Waals surface area contributed by atoms with Gasteiger partial charge in [-0.2, -0.15) is 0 Å². The molecule has 0 fully saturated rings. The van der Waals surface area contributed by atoms with Crippen molar-refractivity contribution in [3.63, 3.8) is 0 Å². The summed E-state index contributed by atoms with van der Waals surface area (Å²) in [7, 11) is 0. The molecule has 1 unspecified atom stereocenters. The molecule has 0 aliphatic heterocycles. The van der Waals surface area contributed by atoms with E-state index in [1.165, 1.54) is 11.6 Å². The predicted octanol–water partition coefficient (Wildman–Crippen LogP) is 3.30. The normalized spacial score (nSPS) is 16.5. The van der Waals surface area contributed by atoms with Gasteiger partial charge in [0, 0.05) is 0 Å². The van der Waals surface area contributed by atoms with Crippen LogP contribution in [0.4, 0.5) is 9.18 Å². The van der Waals surface area contributed by atoms with Crippen LogP contribution in [0.3, 0.4) is 0 Å². The van der Waals surface area contributed by atoms with Crippen LogP contribution in [0.5, 0.6) is 0 Å². The van der Waals surface area contributed by atoms with Crippen molar-refractivity contribution < 1.29 is 13.9 Å². The smallest absolute Gasteiger partial charge is 0.404 e. The maximum absolute atomic E-state index is 13.3. The van der Waals surface area contributed by atoms with E-state index in [-0.39, 0.29) is 18.3 Å². The number of fused-ring (bicyclic) bond motifs is 1. The summed E-state index contributed by atoms with van der Waals surface area (Å²) >= 11 is 0. The lowest BCUT2D eigenvalue weighted by Crippen LogP contribution is -2.14. The molecule has 0 spiro atoms. The molecular formula is C17H16FNO2. The monoisotopic (exact) mass is 285 g/mol. The SMILES string of the molecule is NC(=O)OCc1ccccc1C1Cc2ccc(F)cc2C1. The number of hydrogen-bond acceptors (Lipinski definition) is 2. The number of carbonyl (C=O) groups excluding carboxylic acids is 1. The molecule has 1 aliphatic rings. The molecule has 21 heavy (non-hydrogen) atoms. The molecule has 3 rings (SSSR count). The number of benzene rings is 2. The zero-order valence-electron chi connectivity index (χ0n) is 11.5. The second-order valence-electron chi connectivity index (χ2n) is 5.32. The highest BCUT2D eigenvalue weighted by Gasteiger charge is 2.25. The third kappa shape index (κ3) is 2.89. The summed E-state index contributed by atoms with van der Waals surface area (Å²) in [4.78, 5) is 10.8. The summed E-state index contributed by atoms with van der Waals surface area (Å²) in [5.41, 5.74) is 9.36. The van der Waals surface area contributed by atoms with Crippen molar-refractivity contribution >= 4 is 6.09 Å². The molecule has 0 heterocycles. The summed E-state index contributed by atoms with van der Waals surface area (Å²) < 4.78 is 18.2. The van der Waals surface area contributed by atoms with Gasteiger partial charge in [-0.05, 0) is 53.1 Å². The largest absolute Gasteiger partial charge is 0.445 e. The van der Waals surface area contributed by atoms with Gasteiger partial charge in [0.05, 0.1) is 0 Å². The van der Waals surface area contributed by atoms with Crippen LogP contribution in [0.2, 0.25) is 0 Å². The molecule has 1 atom stereocenters. The van der Waals surface area contributed by atoms with Crippen LogP contribution in [0, 0.1) is 5.82 Å². The number of hydrogen-bond donors (Lipinski definition) is 1. The highest BCUT2D eigenvalue weighted by Crippen LogP contribution is 2.35. The Hall–Kier alpha value is -2.36. The van der Waals surface area contributed by atoms with E-state index in [0.29, 0.717) is 0 Å². The summed E-state index contributed by atoms with van der Waals surface area (Å²) in [6.45, 7) is 0.173. The Morgan fingerprint density at radius 2 is 1.95 bits per heavy atom. The average molecular weight is 285 g/mol. The Kier molecular flexibility index (Phi) is 3.60. The number of ether oxygens (including phenoxy) is 1. The van der Waals surface area contributed by atoms with Crippen molar-refractivity contribution in [3.05, 3.63) is 70.5 Å². The van der Waals surface area contributed by atoms with Gasteiger partial charge in [0.15, 0.2) is 0 Å². The van der Waals surface area contributed by atoms with Crippen LogP contribution in [0.25, 0.3) is 0 Å². The fourth-order valence-corrected chi connectivity index (χ4v) is 3.02. The Morgan fingerprint density at radius 1 is 1.19 bits per heavy atom. The van der Waals surface area contributed by atoms with E-state index in [4.69, 9.17) is 10.5 Å². The van der Waals surface area contributed by atoms with Crippen LogP contribution in [0.15, 0.2) is 42.5 Å². The van der Waals surface area contributed by atoms with Crippen molar-refractivity contribution in [2.45, 2.75) is 25.4 Å². The third-order valence-corrected chi connectivity index (χ3v) is 3.97. The number of amides is 1. The van der Waals surface area contributed by atoms with Crippen molar-refractivity contribution in [1.82, 2.24) is 0 Å². The summed E-state index contributed by atoms with van der Waals surface area (Å²) in [6, 6.07) is 12.8. The van der Waals surface area contributed by atoms with E-state index in [2.05, 4.69) is 0 Å². The molecule has 0 radical (unpaired) electrons. The molecule has 0 saturated heterocycles. The topological polar surface area (TPSA) is 52.3 Å². The predicted molar refractivity (Wildman–Crippen MR) is 77.4 cm³/mol. The lowest BCUT2D eigenvalue weighted by Gasteiger charge is -2.15. The molecule has 4 heteroatoms. The van der Waals surface area contributed by atoms with Crippen LogP contribution >= 0.6 is 0 Å². The van der Waals surface area contributed by atoms with E-state index < -0.39 is 6.09 Å². The zero-order chi connectivity index (χ0) is 14.8. The minimum atomic E-state index is -0.776. The quantitative estimate of drug-likeness (QED) is 0.940. The van der Waals surface area contributed by atoms with Crippen LogP contribution < -0.4 is 5.73 Å². The first-order chi connectivity index (χ1) is 10.1. The van der Waals surface area contributed by atoms with Crippen LogP contribution in [-0.2, 0) is 24.2 Å². The van der Waals surface area contributed by atoms with Gasteiger partial charge in [0.25, 0.3) is 0 Å². The van der Waals surface area contributed by atoms with E-state index >= 15 is 0 Å². The van der Waals surface area contributed by atoms with E-state index in [0.717, 1.165) is 29.5 Å². The fraction of sp³-hybridized carbons (Fsp3) is 0.235. The molecule has 3 nitrogen and oxygen atoms in total. The van der Waals surface area contributed by atoms with Gasteiger partial charge in [0.2, 0.25) is 0 Å². The lowest BCUT2D eigenvalue weighted by atomic mass is 9.92. The maximum atomic E-state index is 13.3. The van der Waals surface area contributed by atoms with E-state index in [9.17, 15) is 9.18 Å². The Morgan fingerprint density at radius 3 is 2.76 bits per heavy atom. The standard InChI is InChI=1S/C17H16FNO2/c18-15-6-5-11-7-14(8-13(11)9-15)16-4-2-1-3-12(16)10-21-17(19)20/h1-6,9,14H,7-8,10H2,(H2,19,20). The van der Waals surface area contributed by atoms with Gasteiger partial charge in [-0.15, -0.1) is 0 Å². The van der Waals surface area contributed by atoms with Crippen molar-refractivity contribution in [2.75, 3.05) is 0 Å². The second-order valence-corrected chi connectivity index (χ2v) is 5.32. The summed E-state index contributed by atoms with van der Waals surface area (Å²) in [5, 5.41) is 0. The van der Waals surface area contributed by atoms with Gasteiger partial charge in [-0.3, -0.25) is 0 Å². The zero-order valence-corrected chi connectivity index (χ0v) is 11.5. The molecular weight excluding hydrogens is 269 g/mol. The van der Waals surface area contributed by atoms with Crippen LogP contribution in [0.1, 0.15) is 28.2 Å². The maximum Gasteiger partial charge on any atom is 0.404 e. The molecule has 0 bridgehead atoms. The molecule has 0 saturated carbocycles. The first-order valence-electron chi connectivity index (χ1n) is 6.91. The molecule has 2 N–H and O–H groups in total. The third-order valence-electron chi connectivity index (χ3n) is 3.97. The van der Waals surface area contributed by atoms with Gasteiger partial charge >= 0.3 is 6.09 Å². The van der Waals surface area contributed by atoms with Crippen molar-refractivity contribution in [1.29, 1.82) is 0 Å².